The average Bonchev–Trinajstić information content (AvgIpc) is 2.79. The highest BCUT2D eigenvalue weighted by molar-refractivity contribution is 6.14. The maximum Gasteiger partial charge on any atom is 0.259 e. The van der Waals surface area contributed by atoms with Crippen molar-refractivity contribution in [1.29, 1.82) is 0 Å². The number of hydrogen-bond acceptors (Lipinski definition) is 3. The molecule has 1 unspecified atom stereocenters. The first-order valence-electron chi connectivity index (χ1n) is 10.3. The molecule has 0 fully saturated rings. The Morgan fingerprint density at radius 2 is 1.71 bits per heavy atom. The third kappa shape index (κ3) is 3.91. The van der Waals surface area contributed by atoms with E-state index in [-0.39, 0.29) is 11.8 Å². The first-order chi connectivity index (χ1) is 14.9. The molecule has 0 aliphatic carbocycles. The van der Waals surface area contributed by atoms with Crippen molar-refractivity contribution in [3.8, 4) is 5.75 Å². The molecule has 5 nitrogen and oxygen atoms in total. The van der Waals surface area contributed by atoms with Gasteiger partial charge in [-0.2, -0.15) is 0 Å². The first-order valence-corrected chi connectivity index (χ1v) is 10.3. The van der Waals surface area contributed by atoms with Crippen LogP contribution in [0, 0.1) is 6.92 Å². The summed E-state index contributed by atoms with van der Waals surface area (Å²) in [4.78, 5) is 28.6. The molecule has 1 aliphatic rings. The number of anilines is 1. The quantitative estimate of drug-likeness (QED) is 0.678. The van der Waals surface area contributed by atoms with Crippen LogP contribution < -0.4 is 15.0 Å². The van der Waals surface area contributed by atoms with Crippen LogP contribution in [-0.2, 0) is 17.8 Å². The summed E-state index contributed by atoms with van der Waals surface area (Å²) in [6.07, 6.45) is 0.442. The molecule has 2 amide bonds. The molecule has 0 saturated heterocycles. The number of fused-ring (bicyclic) bond motifs is 1. The van der Waals surface area contributed by atoms with Gasteiger partial charge in [-0.1, -0.05) is 48.0 Å². The number of carbonyl (C=O) groups excluding carboxylic acids is 2. The maximum atomic E-state index is 13.5. The van der Waals surface area contributed by atoms with Gasteiger partial charge in [-0.15, -0.1) is 0 Å². The number of nitrogens with zero attached hydrogens (tertiary/aromatic N) is 1. The molecule has 1 N–H and O–H groups in total. The van der Waals surface area contributed by atoms with Gasteiger partial charge in [0.15, 0.2) is 0 Å². The molecule has 158 valence electrons. The molecule has 0 saturated carbocycles. The number of carbonyl (C=O) groups is 2. The van der Waals surface area contributed by atoms with Crippen molar-refractivity contribution in [2.45, 2.75) is 32.4 Å². The highest BCUT2D eigenvalue weighted by atomic mass is 16.5. The van der Waals surface area contributed by atoms with Crippen molar-refractivity contribution in [3.05, 3.63) is 95.1 Å². The fraction of sp³-hybridized carbons (Fsp3) is 0.231. The molecule has 3 aromatic rings. The molecule has 1 heterocycles. The lowest BCUT2D eigenvalue weighted by Gasteiger charge is -2.44. The number of aryl methyl sites for hydroxylation is 1. The summed E-state index contributed by atoms with van der Waals surface area (Å²) >= 11 is 0. The Kier molecular flexibility index (Phi) is 5.51. The Labute approximate surface area is 182 Å². The van der Waals surface area contributed by atoms with Crippen molar-refractivity contribution < 1.29 is 14.3 Å². The number of hydrogen-bond donors (Lipinski definition) is 1. The molecule has 1 aliphatic heterocycles. The van der Waals surface area contributed by atoms with Crippen LogP contribution in [-0.4, -0.2) is 24.5 Å². The smallest absolute Gasteiger partial charge is 0.259 e. The van der Waals surface area contributed by atoms with Gasteiger partial charge < -0.3 is 10.1 Å². The summed E-state index contributed by atoms with van der Waals surface area (Å²) in [6, 6.07) is 22.8. The number of rotatable bonds is 5. The van der Waals surface area contributed by atoms with Crippen LogP contribution >= 0.6 is 0 Å². The van der Waals surface area contributed by atoms with Crippen molar-refractivity contribution in [2.75, 3.05) is 12.0 Å². The summed E-state index contributed by atoms with van der Waals surface area (Å²) in [5, 5.41) is 3.04. The molecular weight excluding hydrogens is 388 g/mol. The van der Waals surface area contributed by atoms with E-state index in [2.05, 4.69) is 5.32 Å². The van der Waals surface area contributed by atoms with E-state index in [0.29, 0.717) is 24.2 Å². The highest BCUT2D eigenvalue weighted by Gasteiger charge is 2.47. The Balaban J connectivity index is 1.66. The standard InChI is InChI=1S/C26H26N2O3/c1-18-8-12-21(13-9-18)28-24(29)23-7-5-4-6-20(23)16-26(28,2)25(30)27-17-19-10-14-22(31-3)15-11-19/h4-15H,16-17H2,1-3H3,(H,27,30). The molecule has 1 atom stereocenters. The van der Waals surface area contributed by atoms with E-state index < -0.39 is 5.54 Å². The van der Waals surface area contributed by atoms with Crippen LogP contribution in [0.4, 0.5) is 5.69 Å². The Bertz CT molecular complexity index is 1110. The van der Waals surface area contributed by atoms with Gasteiger partial charge in [0, 0.05) is 24.2 Å². The third-order valence-corrected chi connectivity index (χ3v) is 5.87. The number of nitrogens with one attached hydrogen (secondary N) is 1. The van der Waals surface area contributed by atoms with Crippen LogP contribution in [0.2, 0.25) is 0 Å². The maximum absolute atomic E-state index is 13.5. The average molecular weight is 415 g/mol. The summed E-state index contributed by atoms with van der Waals surface area (Å²) in [7, 11) is 1.62. The van der Waals surface area contributed by atoms with Crippen molar-refractivity contribution in [2.24, 2.45) is 0 Å². The van der Waals surface area contributed by atoms with E-state index in [1.54, 1.807) is 12.0 Å². The fourth-order valence-electron chi connectivity index (χ4n) is 4.07. The van der Waals surface area contributed by atoms with E-state index in [4.69, 9.17) is 4.74 Å². The van der Waals surface area contributed by atoms with E-state index in [1.165, 1.54) is 0 Å². The Morgan fingerprint density at radius 1 is 1.03 bits per heavy atom. The summed E-state index contributed by atoms with van der Waals surface area (Å²) in [5.41, 5.74) is 3.25. The Hall–Kier alpha value is -3.60. The molecular formula is C26H26N2O3. The molecule has 0 aromatic heterocycles. The van der Waals surface area contributed by atoms with Gasteiger partial charge in [0.2, 0.25) is 5.91 Å². The van der Waals surface area contributed by atoms with E-state index in [0.717, 1.165) is 22.4 Å². The lowest BCUT2D eigenvalue weighted by molar-refractivity contribution is -0.126. The second-order valence-corrected chi connectivity index (χ2v) is 8.11. The predicted octanol–water partition coefficient (Wildman–Crippen LogP) is 4.28. The van der Waals surface area contributed by atoms with E-state index >= 15 is 0 Å². The number of ether oxygens (including phenoxy) is 1. The van der Waals surface area contributed by atoms with E-state index in [9.17, 15) is 9.59 Å². The van der Waals surface area contributed by atoms with Crippen molar-refractivity contribution >= 4 is 17.5 Å². The zero-order valence-corrected chi connectivity index (χ0v) is 18.0. The topological polar surface area (TPSA) is 58.6 Å². The van der Waals surface area contributed by atoms with E-state index in [1.807, 2.05) is 86.6 Å². The normalized spacial score (nSPS) is 17.8. The van der Waals surface area contributed by atoms with Crippen molar-refractivity contribution in [1.82, 2.24) is 5.32 Å². The summed E-state index contributed by atoms with van der Waals surface area (Å²) in [6.45, 7) is 4.21. The minimum absolute atomic E-state index is 0.159. The molecule has 0 spiro atoms. The van der Waals surface area contributed by atoms with Crippen LogP contribution in [0.1, 0.15) is 34.0 Å². The summed E-state index contributed by atoms with van der Waals surface area (Å²) < 4.78 is 5.19. The van der Waals surface area contributed by atoms with Gasteiger partial charge in [-0.3, -0.25) is 14.5 Å². The van der Waals surface area contributed by atoms with Crippen molar-refractivity contribution in [3.63, 3.8) is 0 Å². The molecule has 0 bridgehead atoms. The van der Waals surface area contributed by atoms with Gasteiger partial charge in [0.1, 0.15) is 11.3 Å². The van der Waals surface area contributed by atoms with Gasteiger partial charge in [0.05, 0.1) is 7.11 Å². The molecule has 3 aromatic carbocycles. The number of benzene rings is 3. The number of amides is 2. The van der Waals surface area contributed by atoms with Gasteiger partial charge in [-0.25, -0.2) is 0 Å². The van der Waals surface area contributed by atoms with Gasteiger partial charge in [-0.05, 0) is 55.3 Å². The minimum atomic E-state index is -1.05. The zero-order chi connectivity index (χ0) is 22.0. The SMILES string of the molecule is COc1ccc(CNC(=O)C2(C)Cc3ccccc3C(=O)N2c2ccc(C)cc2)cc1. The van der Waals surface area contributed by atoms with Gasteiger partial charge in [0.25, 0.3) is 5.91 Å². The lowest BCUT2D eigenvalue weighted by atomic mass is 9.82. The molecule has 5 heteroatoms. The molecule has 31 heavy (non-hydrogen) atoms. The third-order valence-electron chi connectivity index (χ3n) is 5.87. The molecule has 0 radical (unpaired) electrons. The first kappa shape index (κ1) is 20.7. The minimum Gasteiger partial charge on any atom is -0.497 e. The molecule has 4 rings (SSSR count). The lowest BCUT2D eigenvalue weighted by Crippen LogP contribution is -2.63. The predicted molar refractivity (Wildman–Crippen MR) is 121 cm³/mol. The van der Waals surface area contributed by atoms with Crippen LogP contribution in [0.3, 0.4) is 0 Å². The monoisotopic (exact) mass is 414 g/mol. The second kappa shape index (κ2) is 8.26. The highest BCUT2D eigenvalue weighted by Crippen LogP contribution is 2.35. The number of methoxy groups -OCH3 is 1. The fourth-order valence-corrected chi connectivity index (χ4v) is 4.07. The van der Waals surface area contributed by atoms with Gasteiger partial charge >= 0.3 is 0 Å². The summed E-state index contributed by atoms with van der Waals surface area (Å²) in [5.74, 6) is 0.418. The largest absolute Gasteiger partial charge is 0.497 e. The Morgan fingerprint density at radius 3 is 2.39 bits per heavy atom. The zero-order valence-electron chi connectivity index (χ0n) is 18.0. The van der Waals surface area contributed by atoms with Crippen LogP contribution in [0.25, 0.3) is 0 Å². The van der Waals surface area contributed by atoms with Crippen LogP contribution in [0.5, 0.6) is 5.75 Å². The second-order valence-electron chi connectivity index (χ2n) is 8.11. The van der Waals surface area contributed by atoms with Crippen LogP contribution in [0.15, 0.2) is 72.8 Å².